The summed E-state index contributed by atoms with van der Waals surface area (Å²) in [7, 11) is 1.54. The Bertz CT molecular complexity index is 1120. The molecule has 1 atom stereocenters. The summed E-state index contributed by atoms with van der Waals surface area (Å²) in [6.07, 6.45) is 2.21. The van der Waals surface area contributed by atoms with Crippen molar-refractivity contribution in [3.63, 3.8) is 0 Å². The maximum atomic E-state index is 13.3. The molecule has 0 aliphatic carbocycles. The largest absolute Gasteiger partial charge is 0.496 e. The van der Waals surface area contributed by atoms with Crippen molar-refractivity contribution >= 4 is 23.2 Å². The summed E-state index contributed by atoms with van der Waals surface area (Å²) in [5.41, 5.74) is 3.48. The number of methoxy groups -OCH3 is 1. The fourth-order valence-corrected chi connectivity index (χ4v) is 4.16. The van der Waals surface area contributed by atoms with Gasteiger partial charge in [0.05, 0.1) is 24.3 Å². The molecule has 1 saturated heterocycles. The fourth-order valence-electron chi connectivity index (χ4n) is 4.16. The van der Waals surface area contributed by atoms with E-state index in [1.807, 2.05) is 55.5 Å². The molecule has 4 rings (SSSR count). The quantitative estimate of drug-likeness (QED) is 0.537. The summed E-state index contributed by atoms with van der Waals surface area (Å²) in [5, 5.41) is 6.02. The van der Waals surface area contributed by atoms with Gasteiger partial charge in [-0.1, -0.05) is 42.5 Å². The van der Waals surface area contributed by atoms with Crippen LogP contribution in [-0.2, 0) is 0 Å². The summed E-state index contributed by atoms with van der Waals surface area (Å²) >= 11 is 0. The van der Waals surface area contributed by atoms with E-state index in [1.54, 1.807) is 24.3 Å². The fraction of sp³-hybridized carbons (Fsp3) is 0.259. The number of nitrogens with zero attached hydrogens (tertiary/aromatic N) is 1. The van der Waals surface area contributed by atoms with E-state index in [2.05, 4.69) is 15.5 Å². The third kappa shape index (κ3) is 5.17. The van der Waals surface area contributed by atoms with E-state index in [0.717, 1.165) is 37.2 Å². The number of carbonyl (C=O) groups is 2. The number of ether oxygens (including phenoxy) is 1. The van der Waals surface area contributed by atoms with Crippen LogP contribution in [0.4, 0.5) is 11.4 Å². The van der Waals surface area contributed by atoms with Crippen LogP contribution in [-0.4, -0.2) is 32.0 Å². The number of amides is 2. The maximum absolute atomic E-state index is 13.3. The van der Waals surface area contributed by atoms with Crippen LogP contribution in [0.1, 0.15) is 52.1 Å². The van der Waals surface area contributed by atoms with Gasteiger partial charge in [0.15, 0.2) is 0 Å². The number of rotatable bonds is 7. The zero-order chi connectivity index (χ0) is 23.2. The van der Waals surface area contributed by atoms with Crippen molar-refractivity contribution in [3.05, 3.63) is 89.5 Å². The topological polar surface area (TPSA) is 70.7 Å². The minimum atomic E-state index is -0.287. The molecule has 33 heavy (non-hydrogen) atoms. The molecule has 2 N–H and O–H groups in total. The van der Waals surface area contributed by atoms with Gasteiger partial charge in [0, 0.05) is 24.5 Å². The van der Waals surface area contributed by atoms with Gasteiger partial charge in [0.2, 0.25) is 0 Å². The highest BCUT2D eigenvalue weighted by Crippen LogP contribution is 2.29. The van der Waals surface area contributed by atoms with E-state index in [1.165, 1.54) is 7.11 Å². The van der Waals surface area contributed by atoms with Crippen LogP contribution in [0, 0.1) is 0 Å². The second kappa shape index (κ2) is 10.2. The van der Waals surface area contributed by atoms with E-state index in [4.69, 9.17) is 4.74 Å². The first-order valence-corrected chi connectivity index (χ1v) is 11.3. The molecule has 0 spiro atoms. The molecule has 6 heteroatoms. The van der Waals surface area contributed by atoms with Gasteiger partial charge in [-0.25, -0.2) is 0 Å². The normalized spacial score (nSPS) is 13.9. The molecule has 170 valence electrons. The SMILES string of the molecule is COc1ccccc1C(=O)Nc1ccc(N2CCCC2)c(C(=O)NC(C)c2ccccc2)c1. The third-order valence-electron chi connectivity index (χ3n) is 5.94. The first kappa shape index (κ1) is 22.4. The Hall–Kier alpha value is -3.80. The van der Waals surface area contributed by atoms with Crippen molar-refractivity contribution in [2.75, 3.05) is 30.4 Å². The predicted octanol–water partition coefficient (Wildman–Crippen LogP) is 5.04. The average molecular weight is 444 g/mol. The Labute approximate surface area is 194 Å². The molecule has 1 aliphatic heterocycles. The predicted molar refractivity (Wildman–Crippen MR) is 131 cm³/mol. The summed E-state index contributed by atoms with van der Waals surface area (Å²) in [5.74, 6) is 0.0466. The molecule has 0 bridgehead atoms. The smallest absolute Gasteiger partial charge is 0.259 e. The van der Waals surface area contributed by atoms with Gasteiger partial charge < -0.3 is 20.3 Å². The number of hydrogen-bond donors (Lipinski definition) is 2. The molecule has 0 radical (unpaired) electrons. The molecule has 0 saturated carbocycles. The second-order valence-electron chi connectivity index (χ2n) is 8.19. The summed E-state index contributed by atoms with van der Waals surface area (Å²) in [4.78, 5) is 28.5. The number of carbonyl (C=O) groups excluding carboxylic acids is 2. The molecular weight excluding hydrogens is 414 g/mol. The number of anilines is 2. The first-order chi connectivity index (χ1) is 16.1. The van der Waals surface area contributed by atoms with Crippen molar-refractivity contribution in [3.8, 4) is 5.75 Å². The average Bonchev–Trinajstić information content (AvgIpc) is 3.39. The summed E-state index contributed by atoms with van der Waals surface area (Å²) in [6.45, 7) is 3.80. The lowest BCUT2D eigenvalue weighted by molar-refractivity contribution is 0.0939. The standard InChI is InChI=1S/C27H29N3O3/c1-19(20-10-4-3-5-11-20)28-27(32)23-18-21(14-15-24(23)30-16-8-9-17-30)29-26(31)22-12-6-7-13-25(22)33-2/h3-7,10-15,18-19H,8-9,16-17H2,1-2H3,(H,28,32)(H,29,31). The minimum absolute atomic E-state index is 0.142. The van der Waals surface area contributed by atoms with Gasteiger partial charge in [-0.05, 0) is 55.7 Å². The minimum Gasteiger partial charge on any atom is -0.496 e. The molecular formula is C27H29N3O3. The van der Waals surface area contributed by atoms with Gasteiger partial charge in [-0.15, -0.1) is 0 Å². The van der Waals surface area contributed by atoms with Crippen LogP contribution in [0.25, 0.3) is 0 Å². The van der Waals surface area contributed by atoms with Gasteiger partial charge in [0.25, 0.3) is 11.8 Å². The van der Waals surface area contributed by atoms with Crippen molar-refractivity contribution in [1.82, 2.24) is 5.32 Å². The van der Waals surface area contributed by atoms with Crippen molar-refractivity contribution < 1.29 is 14.3 Å². The van der Waals surface area contributed by atoms with Crippen molar-refractivity contribution in [2.24, 2.45) is 0 Å². The Kier molecular flexibility index (Phi) is 6.93. The van der Waals surface area contributed by atoms with Gasteiger partial charge in [-0.2, -0.15) is 0 Å². The van der Waals surface area contributed by atoms with E-state index in [9.17, 15) is 9.59 Å². The van der Waals surface area contributed by atoms with Gasteiger partial charge in [0.1, 0.15) is 5.75 Å². The lowest BCUT2D eigenvalue weighted by atomic mass is 10.1. The molecule has 1 fully saturated rings. The number of hydrogen-bond acceptors (Lipinski definition) is 4. The zero-order valence-electron chi connectivity index (χ0n) is 19.0. The second-order valence-corrected chi connectivity index (χ2v) is 8.19. The lowest BCUT2D eigenvalue weighted by Gasteiger charge is -2.23. The highest BCUT2D eigenvalue weighted by molar-refractivity contribution is 6.07. The highest BCUT2D eigenvalue weighted by Gasteiger charge is 2.22. The van der Waals surface area contributed by atoms with E-state index >= 15 is 0 Å². The molecule has 2 amide bonds. The van der Waals surface area contributed by atoms with Gasteiger partial charge >= 0.3 is 0 Å². The molecule has 6 nitrogen and oxygen atoms in total. The van der Waals surface area contributed by atoms with Crippen LogP contribution in [0.15, 0.2) is 72.8 Å². The number of para-hydroxylation sites is 1. The van der Waals surface area contributed by atoms with Crippen LogP contribution >= 0.6 is 0 Å². The first-order valence-electron chi connectivity index (χ1n) is 11.3. The van der Waals surface area contributed by atoms with Crippen molar-refractivity contribution in [2.45, 2.75) is 25.8 Å². The molecule has 0 aromatic heterocycles. The zero-order valence-corrected chi connectivity index (χ0v) is 19.0. The molecule has 3 aromatic rings. The van der Waals surface area contributed by atoms with Crippen LogP contribution in [0.3, 0.4) is 0 Å². The van der Waals surface area contributed by atoms with E-state index in [0.29, 0.717) is 22.6 Å². The Balaban J connectivity index is 1.60. The van der Waals surface area contributed by atoms with Crippen LogP contribution in [0.2, 0.25) is 0 Å². The van der Waals surface area contributed by atoms with Crippen LogP contribution < -0.4 is 20.3 Å². The monoisotopic (exact) mass is 443 g/mol. The summed E-state index contributed by atoms with van der Waals surface area (Å²) in [6, 6.07) is 22.3. The van der Waals surface area contributed by atoms with Gasteiger partial charge in [-0.3, -0.25) is 9.59 Å². The Morgan fingerprint density at radius 1 is 0.879 bits per heavy atom. The van der Waals surface area contributed by atoms with Crippen LogP contribution in [0.5, 0.6) is 5.75 Å². The van der Waals surface area contributed by atoms with Crippen molar-refractivity contribution in [1.29, 1.82) is 0 Å². The molecule has 1 unspecified atom stereocenters. The number of benzene rings is 3. The highest BCUT2D eigenvalue weighted by atomic mass is 16.5. The van der Waals surface area contributed by atoms with E-state index in [-0.39, 0.29) is 17.9 Å². The third-order valence-corrected chi connectivity index (χ3v) is 5.94. The molecule has 1 heterocycles. The molecule has 1 aliphatic rings. The Morgan fingerprint density at radius 3 is 2.30 bits per heavy atom. The molecule has 3 aromatic carbocycles. The Morgan fingerprint density at radius 2 is 1.58 bits per heavy atom. The maximum Gasteiger partial charge on any atom is 0.259 e. The summed E-state index contributed by atoms with van der Waals surface area (Å²) < 4.78 is 5.31. The number of nitrogens with one attached hydrogen (secondary N) is 2. The lowest BCUT2D eigenvalue weighted by Crippen LogP contribution is -2.29. The van der Waals surface area contributed by atoms with E-state index < -0.39 is 0 Å².